The smallest absolute Gasteiger partial charge is 0.0857 e. The van der Waals surface area contributed by atoms with E-state index in [0.29, 0.717) is 0 Å². The van der Waals surface area contributed by atoms with E-state index in [1.54, 1.807) is 20.0 Å². The molecule has 0 aliphatic rings. The third-order valence-corrected chi connectivity index (χ3v) is 1.91. The third kappa shape index (κ3) is 1.83. The monoisotopic (exact) mass is 165 g/mol. The maximum absolute atomic E-state index is 9.72. The van der Waals surface area contributed by atoms with Crippen molar-refractivity contribution in [3.05, 3.63) is 29.1 Å². The van der Waals surface area contributed by atoms with E-state index in [1.165, 1.54) is 0 Å². The standard InChI is InChI=1S/C10H15NO/c1-7-5-8(2)11-6-9(7)10(3,4)12/h5-6,12H,1-4H3. The minimum Gasteiger partial charge on any atom is -0.386 e. The molecule has 0 saturated carbocycles. The van der Waals surface area contributed by atoms with Crippen LogP contribution >= 0.6 is 0 Å². The summed E-state index contributed by atoms with van der Waals surface area (Å²) in [5, 5.41) is 9.72. The highest BCUT2D eigenvalue weighted by Gasteiger charge is 2.18. The molecule has 2 heteroatoms. The van der Waals surface area contributed by atoms with Crippen molar-refractivity contribution >= 4 is 0 Å². The summed E-state index contributed by atoms with van der Waals surface area (Å²) in [5.74, 6) is 0. The van der Waals surface area contributed by atoms with Gasteiger partial charge in [0.1, 0.15) is 0 Å². The number of pyridine rings is 1. The zero-order valence-electron chi connectivity index (χ0n) is 8.05. The normalized spacial score (nSPS) is 11.8. The molecule has 1 N–H and O–H groups in total. The molecule has 1 aromatic heterocycles. The van der Waals surface area contributed by atoms with Gasteiger partial charge in [-0.3, -0.25) is 4.98 Å². The van der Waals surface area contributed by atoms with Gasteiger partial charge in [0.2, 0.25) is 0 Å². The summed E-state index contributed by atoms with van der Waals surface area (Å²) in [4.78, 5) is 4.15. The van der Waals surface area contributed by atoms with Crippen LogP contribution < -0.4 is 0 Å². The van der Waals surface area contributed by atoms with Crippen LogP contribution in [-0.4, -0.2) is 10.1 Å². The van der Waals surface area contributed by atoms with Crippen LogP contribution in [0.25, 0.3) is 0 Å². The molecule has 0 bridgehead atoms. The van der Waals surface area contributed by atoms with E-state index >= 15 is 0 Å². The van der Waals surface area contributed by atoms with E-state index in [1.807, 2.05) is 19.9 Å². The lowest BCUT2D eigenvalue weighted by Crippen LogP contribution is -2.17. The van der Waals surface area contributed by atoms with E-state index in [-0.39, 0.29) is 0 Å². The summed E-state index contributed by atoms with van der Waals surface area (Å²) in [6, 6.07) is 1.98. The highest BCUT2D eigenvalue weighted by molar-refractivity contribution is 5.28. The van der Waals surface area contributed by atoms with Crippen molar-refractivity contribution in [2.75, 3.05) is 0 Å². The van der Waals surface area contributed by atoms with Crippen LogP contribution in [0.15, 0.2) is 12.3 Å². The maximum atomic E-state index is 9.72. The SMILES string of the molecule is Cc1cc(C)c(C(C)(C)O)cn1. The van der Waals surface area contributed by atoms with Gasteiger partial charge in [-0.25, -0.2) is 0 Å². The van der Waals surface area contributed by atoms with Crippen molar-refractivity contribution in [3.63, 3.8) is 0 Å². The van der Waals surface area contributed by atoms with E-state index in [9.17, 15) is 5.11 Å². The predicted octanol–water partition coefficient (Wildman–Crippen LogP) is 1.93. The van der Waals surface area contributed by atoms with Gasteiger partial charge in [-0.05, 0) is 39.3 Å². The number of hydrogen-bond acceptors (Lipinski definition) is 2. The average molecular weight is 165 g/mol. The van der Waals surface area contributed by atoms with Gasteiger partial charge in [0.15, 0.2) is 0 Å². The first-order chi connectivity index (χ1) is 5.41. The number of aromatic nitrogens is 1. The number of aryl methyl sites for hydroxylation is 2. The Bertz CT molecular complexity index is 286. The molecule has 0 aliphatic carbocycles. The van der Waals surface area contributed by atoms with E-state index in [2.05, 4.69) is 4.98 Å². The zero-order chi connectivity index (χ0) is 9.35. The molecule has 0 amide bonds. The van der Waals surface area contributed by atoms with E-state index in [0.717, 1.165) is 16.8 Å². The summed E-state index contributed by atoms with van der Waals surface area (Å²) in [5.41, 5.74) is 2.19. The van der Waals surface area contributed by atoms with Crippen LogP contribution in [-0.2, 0) is 5.60 Å². The van der Waals surface area contributed by atoms with Gasteiger partial charge >= 0.3 is 0 Å². The Hall–Kier alpha value is -0.890. The first-order valence-electron chi connectivity index (χ1n) is 4.07. The van der Waals surface area contributed by atoms with Gasteiger partial charge < -0.3 is 5.11 Å². The van der Waals surface area contributed by atoms with Crippen molar-refractivity contribution in [2.24, 2.45) is 0 Å². The molecule has 0 fully saturated rings. The van der Waals surface area contributed by atoms with Crippen LogP contribution in [0.1, 0.15) is 30.7 Å². The molecule has 2 nitrogen and oxygen atoms in total. The molecule has 1 heterocycles. The van der Waals surface area contributed by atoms with Crippen LogP contribution in [0.2, 0.25) is 0 Å². The van der Waals surface area contributed by atoms with E-state index < -0.39 is 5.60 Å². The molecular formula is C10H15NO. The molecule has 66 valence electrons. The second-order valence-corrected chi connectivity index (χ2v) is 3.70. The molecular weight excluding hydrogens is 150 g/mol. The Morgan fingerprint density at radius 1 is 1.33 bits per heavy atom. The van der Waals surface area contributed by atoms with Crippen LogP contribution in [0, 0.1) is 13.8 Å². The molecule has 0 radical (unpaired) electrons. The summed E-state index contributed by atoms with van der Waals surface area (Å²) in [7, 11) is 0. The van der Waals surface area contributed by atoms with Crippen molar-refractivity contribution in [2.45, 2.75) is 33.3 Å². The third-order valence-electron chi connectivity index (χ3n) is 1.91. The second kappa shape index (κ2) is 2.87. The topological polar surface area (TPSA) is 33.1 Å². The lowest BCUT2D eigenvalue weighted by atomic mass is 9.96. The van der Waals surface area contributed by atoms with Gasteiger partial charge in [0.25, 0.3) is 0 Å². The van der Waals surface area contributed by atoms with Crippen LogP contribution in [0.3, 0.4) is 0 Å². The zero-order valence-corrected chi connectivity index (χ0v) is 8.05. The number of hydrogen-bond donors (Lipinski definition) is 1. The Labute approximate surface area is 73.3 Å². The van der Waals surface area contributed by atoms with Gasteiger partial charge in [0, 0.05) is 17.5 Å². The van der Waals surface area contributed by atoms with Gasteiger partial charge in [0.05, 0.1) is 5.60 Å². The number of aliphatic hydroxyl groups is 1. The number of nitrogens with zero attached hydrogens (tertiary/aromatic N) is 1. The quantitative estimate of drug-likeness (QED) is 0.689. The van der Waals surface area contributed by atoms with Crippen molar-refractivity contribution in [3.8, 4) is 0 Å². The van der Waals surface area contributed by atoms with Crippen LogP contribution in [0.4, 0.5) is 0 Å². The number of rotatable bonds is 1. The van der Waals surface area contributed by atoms with Crippen molar-refractivity contribution in [1.29, 1.82) is 0 Å². The van der Waals surface area contributed by atoms with E-state index in [4.69, 9.17) is 0 Å². The Balaban J connectivity index is 3.19. The van der Waals surface area contributed by atoms with Gasteiger partial charge in [-0.15, -0.1) is 0 Å². The Morgan fingerprint density at radius 3 is 2.33 bits per heavy atom. The molecule has 1 aromatic rings. The van der Waals surface area contributed by atoms with Crippen LogP contribution in [0.5, 0.6) is 0 Å². The fourth-order valence-corrected chi connectivity index (χ4v) is 1.34. The van der Waals surface area contributed by atoms with Crippen molar-refractivity contribution < 1.29 is 5.11 Å². The lowest BCUT2D eigenvalue weighted by molar-refractivity contribution is 0.0775. The summed E-state index contributed by atoms with van der Waals surface area (Å²) >= 11 is 0. The van der Waals surface area contributed by atoms with Crippen molar-refractivity contribution in [1.82, 2.24) is 4.98 Å². The second-order valence-electron chi connectivity index (χ2n) is 3.70. The molecule has 12 heavy (non-hydrogen) atoms. The fraction of sp³-hybridized carbons (Fsp3) is 0.500. The molecule has 0 aromatic carbocycles. The summed E-state index contributed by atoms with van der Waals surface area (Å²) in [6.45, 7) is 7.47. The highest BCUT2D eigenvalue weighted by Crippen LogP contribution is 2.22. The summed E-state index contributed by atoms with van der Waals surface area (Å²) in [6.07, 6.45) is 1.74. The predicted molar refractivity (Wildman–Crippen MR) is 49.0 cm³/mol. The lowest BCUT2D eigenvalue weighted by Gasteiger charge is -2.19. The largest absolute Gasteiger partial charge is 0.386 e. The maximum Gasteiger partial charge on any atom is 0.0857 e. The first-order valence-corrected chi connectivity index (χ1v) is 4.07. The first kappa shape index (κ1) is 9.20. The average Bonchev–Trinajstić information content (AvgIpc) is 1.83. The Kier molecular flexibility index (Phi) is 2.20. The minimum absolute atomic E-state index is 0.787. The highest BCUT2D eigenvalue weighted by atomic mass is 16.3. The molecule has 0 unspecified atom stereocenters. The van der Waals surface area contributed by atoms with Gasteiger partial charge in [-0.1, -0.05) is 0 Å². The molecule has 0 saturated heterocycles. The molecule has 0 atom stereocenters. The minimum atomic E-state index is -0.787. The summed E-state index contributed by atoms with van der Waals surface area (Å²) < 4.78 is 0. The molecule has 0 aliphatic heterocycles. The van der Waals surface area contributed by atoms with Gasteiger partial charge in [-0.2, -0.15) is 0 Å². The fourth-order valence-electron chi connectivity index (χ4n) is 1.34. The molecule has 0 spiro atoms. The molecule has 1 rings (SSSR count). The Morgan fingerprint density at radius 2 is 1.92 bits per heavy atom.